The first-order chi connectivity index (χ1) is 17.5. The van der Waals surface area contributed by atoms with Gasteiger partial charge in [-0.2, -0.15) is 5.21 Å². The minimum Gasteiger partial charge on any atom is -0.490 e. The third-order valence-corrected chi connectivity index (χ3v) is 5.92. The second-order valence-corrected chi connectivity index (χ2v) is 9.00. The van der Waals surface area contributed by atoms with Crippen molar-refractivity contribution in [2.75, 3.05) is 6.61 Å². The van der Waals surface area contributed by atoms with Gasteiger partial charge in [0.1, 0.15) is 17.3 Å². The molecule has 0 atom stereocenters. The number of aromatic nitrogens is 5. The lowest BCUT2D eigenvalue weighted by molar-refractivity contribution is -0.149. The SMILES string of the molecule is CC(C)OC(=O)COc1cccc(-c2ccc(-c3nc4n[nH]nc4c(=O)[nH]3)c(OC3CCCC3)c2)c1. The largest absolute Gasteiger partial charge is 0.490 e. The van der Waals surface area contributed by atoms with E-state index < -0.39 is 5.97 Å². The maximum Gasteiger partial charge on any atom is 0.344 e. The summed E-state index contributed by atoms with van der Waals surface area (Å²) in [5.41, 5.74) is 2.47. The van der Waals surface area contributed by atoms with Crippen LogP contribution >= 0.6 is 0 Å². The summed E-state index contributed by atoms with van der Waals surface area (Å²) < 4.78 is 17.2. The number of esters is 1. The van der Waals surface area contributed by atoms with E-state index >= 15 is 0 Å². The number of nitrogens with zero attached hydrogens (tertiary/aromatic N) is 3. The zero-order valence-electron chi connectivity index (χ0n) is 20.1. The summed E-state index contributed by atoms with van der Waals surface area (Å²) in [6.07, 6.45) is 4.11. The van der Waals surface area contributed by atoms with Crippen molar-refractivity contribution < 1.29 is 19.0 Å². The van der Waals surface area contributed by atoms with Crippen LogP contribution in [0.2, 0.25) is 0 Å². The van der Waals surface area contributed by atoms with Gasteiger partial charge in [0.05, 0.1) is 17.8 Å². The monoisotopic (exact) mass is 489 g/mol. The summed E-state index contributed by atoms with van der Waals surface area (Å²) in [5.74, 6) is 1.12. The number of carbonyl (C=O) groups is 1. The summed E-state index contributed by atoms with van der Waals surface area (Å²) in [5, 5.41) is 10.2. The maximum atomic E-state index is 12.5. The van der Waals surface area contributed by atoms with Crippen molar-refractivity contribution in [3.8, 4) is 34.0 Å². The van der Waals surface area contributed by atoms with Gasteiger partial charge in [-0.15, -0.1) is 10.2 Å². The number of carbonyl (C=O) groups excluding carboxylic acids is 1. The van der Waals surface area contributed by atoms with Gasteiger partial charge in [0.25, 0.3) is 5.56 Å². The Bertz CT molecular complexity index is 1440. The molecule has 186 valence electrons. The fraction of sp³-hybridized carbons (Fsp3) is 0.346. The molecular weight excluding hydrogens is 462 g/mol. The average Bonchev–Trinajstić information content (AvgIpc) is 3.55. The van der Waals surface area contributed by atoms with E-state index in [0.717, 1.165) is 36.8 Å². The van der Waals surface area contributed by atoms with Crippen molar-refractivity contribution in [2.24, 2.45) is 0 Å². The lowest BCUT2D eigenvalue weighted by Gasteiger charge is -2.18. The van der Waals surface area contributed by atoms with Crippen LogP contribution < -0.4 is 15.0 Å². The van der Waals surface area contributed by atoms with Crippen molar-refractivity contribution in [3.63, 3.8) is 0 Å². The maximum absolute atomic E-state index is 12.5. The van der Waals surface area contributed by atoms with Gasteiger partial charge in [-0.3, -0.25) is 4.79 Å². The van der Waals surface area contributed by atoms with Gasteiger partial charge < -0.3 is 19.2 Å². The predicted molar refractivity (Wildman–Crippen MR) is 133 cm³/mol. The van der Waals surface area contributed by atoms with Crippen LogP contribution in [0.15, 0.2) is 47.3 Å². The summed E-state index contributed by atoms with van der Waals surface area (Å²) in [7, 11) is 0. The molecule has 0 spiro atoms. The summed E-state index contributed by atoms with van der Waals surface area (Å²) in [6.45, 7) is 3.42. The molecule has 4 aromatic rings. The fourth-order valence-corrected chi connectivity index (χ4v) is 4.27. The van der Waals surface area contributed by atoms with E-state index in [1.165, 1.54) is 0 Å². The van der Waals surface area contributed by atoms with E-state index in [0.29, 0.717) is 22.9 Å². The number of rotatable bonds is 8. The molecule has 5 rings (SSSR count). The highest BCUT2D eigenvalue weighted by Crippen LogP contribution is 2.36. The number of fused-ring (bicyclic) bond motifs is 1. The Morgan fingerprint density at radius 2 is 1.89 bits per heavy atom. The number of hydrogen-bond acceptors (Lipinski definition) is 8. The molecule has 0 unspecified atom stereocenters. The Balaban J connectivity index is 1.47. The van der Waals surface area contributed by atoms with Crippen molar-refractivity contribution >= 4 is 17.1 Å². The van der Waals surface area contributed by atoms with Crippen molar-refractivity contribution in [3.05, 3.63) is 52.8 Å². The molecule has 0 saturated heterocycles. The van der Waals surface area contributed by atoms with E-state index in [-0.39, 0.29) is 35.5 Å². The Labute approximate surface area is 207 Å². The molecule has 2 aromatic heterocycles. The normalized spacial score (nSPS) is 13.9. The number of nitrogens with one attached hydrogen (secondary N) is 2. The minimum absolute atomic E-state index is 0.100. The van der Waals surface area contributed by atoms with Gasteiger partial charge in [-0.25, -0.2) is 9.78 Å². The van der Waals surface area contributed by atoms with E-state index in [9.17, 15) is 9.59 Å². The molecule has 1 saturated carbocycles. The van der Waals surface area contributed by atoms with Crippen LogP contribution in [0.5, 0.6) is 11.5 Å². The molecule has 0 amide bonds. The van der Waals surface area contributed by atoms with Gasteiger partial charge in [0, 0.05) is 0 Å². The molecule has 0 aliphatic heterocycles. The molecule has 2 aromatic carbocycles. The topological polar surface area (TPSA) is 132 Å². The van der Waals surface area contributed by atoms with Crippen LogP contribution in [0.25, 0.3) is 33.7 Å². The average molecular weight is 490 g/mol. The fourth-order valence-electron chi connectivity index (χ4n) is 4.27. The zero-order valence-corrected chi connectivity index (χ0v) is 20.1. The van der Waals surface area contributed by atoms with Crippen molar-refractivity contribution in [1.29, 1.82) is 0 Å². The third kappa shape index (κ3) is 5.22. The Morgan fingerprint density at radius 3 is 2.69 bits per heavy atom. The highest BCUT2D eigenvalue weighted by atomic mass is 16.6. The molecule has 36 heavy (non-hydrogen) atoms. The summed E-state index contributed by atoms with van der Waals surface area (Å²) in [4.78, 5) is 31.6. The number of aromatic amines is 2. The number of hydrogen-bond donors (Lipinski definition) is 2. The van der Waals surface area contributed by atoms with E-state index in [1.54, 1.807) is 19.9 Å². The van der Waals surface area contributed by atoms with Gasteiger partial charge in [-0.1, -0.05) is 18.2 Å². The quantitative estimate of drug-likeness (QED) is 0.355. The van der Waals surface area contributed by atoms with Crippen LogP contribution in [-0.2, 0) is 9.53 Å². The Morgan fingerprint density at radius 1 is 1.08 bits per heavy atom. The smallest absolute Gasteiger partial charge is 0.344 e. The van der Waals surface area contributed by atoms with Gasteiger partial charge in [0.2, 0.25) is 5.65 Å². The Kier molecular flexibility index (Phi) is 6.66. The second kappa shape index (κ2) is 10.2. The predicted octanol–water partition coefficient (Wildman–Crippen LogP) is 4.03. The first kappa shape index (κ1) is 23.5. The standard InChI is InChI=1S/C26H27N5O5/c1-15(2)35-22(32)14-34-19-9-5-6-16(12-19)17-10-11-20(21(13-17)36-18-7-3-4-8-18)24-27-25-23(26(33)28-24)29-31-30-25/h5-6,9-13,15,18H,3-4,7-8,14H2,1-2H3,(H2,27,28,29,30,31,33). The van der Waals surface area contributed by atoms with Crippen LogP contribution in [0.1, 0.15) is 39.5 Å². The number of benzene rings is 2. The Hall–Kier alpha value is -4.21. The third-order valence-electron chi connectivity index (χ3n) is 5.92. The lowest BCUT2D eigenvalue weighted by Crippen LogP contribution is -2.18. The van der Waals surface area contributed by atoms with E-state index in [1.807, 2.05) is 36.4 Å². The molecule has 1 aliphatic rings. The second-order valence-electron chi connectivity index (χ2n) is 9.00. The van der Waals surface area contributed by atoms with Crippen LogP contribution in [0, 0.1) is 0 Å². The number of ether oxygens (including phenoxy) is 3. The molecule has 2 heterocycles. The molecule has 0 bridgehead atoms. The van der Waals surface area contributed by atoms with Crippen LogP contribution in [-0.4, -0.2) is 50.2 Å². The molecule has 10 heteroatoms. The van der Waals surface area contributed by atoms with E-state index in [2.05, 4.69) is 25.4 Å². The zero-order chi connectivity index (χ0) is 25.1. The van der Waals surface area contributed by atoms with Crippen molar-refractivity contribution in [1.82, 2.24) is 25.4 Å². The first-order valence-electron chi connectivity index (χ1n) is 12.0. The van der Waals surface area contributed by atoms with E-state index in [4.69, 9.17) is 14.2 Å². The minimum atomic E-state index is -0.419. The molecule has 10 nitrogen and oxygen atoms in total. The van der Waals surface area contributed by atoms with Gasteiger partial charge >= 0.3 is 5.97 Å². The highest BCUT2D eigenvalue weighted by molar-refractivity contribution is 5.77. The molecule has 0 radical (unpaired) electrons. The summed E-state index contributed by atoms with van der Waals surface area (Å²) in [6, 6.07) is 13.2. The molecule has 1 fully saturated rings. The number of H-pyrrole nitrogens is 2. The first-order valence-corrected chi connectivity index (χ1v) is 12.0. The lowest BCUT2D eigenvalue weighted by atomic mass is 10.0. The molecular formula is C26H27N5O5. The van der Waals surface area contributed by atoms with Gasteiger partial charge in [-0.05, 0) is 74.9 Å². The van der Waals surface area contributed by atoms with Gasteiger partial charge in [0.15, 0.2) is 12.1 Å². The van der Waals surface area contributed by atoms with Crippen molar-refractivity contribution in [2.45, 2.75) is 51.7 Å². The summed E-state index contributed by atoms with van der Waals surface area (Å²) >= 11 is 0. The highest BCUT2D eigenvalue weighted by Gasteiger charge is 2.21. The molecule has 2 N–H and O–H groups in total. The molecule has 1 aliphatic carbocycles. The van der Waals surface area contributed by atoms with Crippen LogP contribution in [0.4, 0.5) is 0 Å². The van der Waals surface area contributed by atoms with Crippen LogP contribution in [0.3, 0.4) is 0 Å².